The Morgan fingerprint density at radius 2 is 2.05 bits per heavy atom. The van der Waals surface area contributed by atoms with Crippen LogP contribution in [0.2, 0.25) is 0 Å². The lowest BCUT2D eigenvalue weighted by Gasteiger charge is -2.44. The highest BCUT2D eigenvalue weighted by Crippen LogP contribution is 2.39. The van der Waals surface area contributed by atoms with Crippen LogP contribution in [0.3, 0.4) is 0 Å². The summed E-state index contributed by atoms with van der Waals surface area (Å²) in [6, 6.07) is 0.713. The van der Waals surface area contributed by atoms with Crippen molar-refractivity contribution in [2.45, 2.75) is 70.9 Å². The largest absolute Gasteiger partial charge is 0.391 e. The first-order chi connectivity index (χ1) is 9.83. The molecule has 4 heteroatoms. The molecule has 1 aliphatic heterocycles. The van der Waals surface area contributed by atoms with Crippen LogP contribution < -0.4 is 4.90 Å². The van der Waals surface area contributed by atoms with Gasteiger partial charge in [-0.1, -0.05) is 37.5 Å². The molecule has 1 aliphatic carbocycles. The van der Waals surface area contributed by atoms with Gasteiger partial charge in [-0.15, -0.1) is 0 Å². The third kappa shape index (κ3) is 2.73. The third-order valence-corrected chi connectivity index (χ3v) is 6.01. The number of fused-ring (bicyclic) bond motifs is 1. The van der Waals surface area contributed by atoms with Crippen molar-refractivity contribution in [3.8, 4) is 0 Å². The Bertz CT molecular complexity index is 444. The highest BCUT2D eigenvalue weighted by Gasteiger charge is 2.34. The number of thiazole rings is 1. The fourth-order valence-corrected chi connectivity index (χ4v) is 4.96. The van der Waals surface area contributed by atoms with E-state index < -0.39 is 0 Å². The molecule has 2 aliphatic rings. The Morgan fingerprint density at radius 1 is 1.25 bits per heavy atom. The van der Waals surface area contributed by atoms with Crippen molar-refractivity contribution < 1.29 is 5.11 Å². The first-order valence-corrected chi connectivity index (χ1v) is 9.01. The summed E-state index contributed by atoms with van der Waals surface area (Å²) in [7, 11) is 0. The second kappa shape index (κ2) is 6.44. The van der Waals surface area contributed by atoms with E-state index in [4.69, 9.17) is 4.98 Å². The first kappa shape index (κ1) is 14.3. The zero-order valence-electron chi connectivity index (χ0n) is 12.5. The van der Waals surface area contributed by atoms with Gasteiger partial charge in [0.25, 0.3) is 0 Å². The lowest BCUT2D eigenvalue weighted by Crippen LogP contribution is -2.46. The summed E-state index contributed by atoms with van der Waals surface area (Å²) in [6.45, 7) is 3.48. The summed E-state index contributed by atoms with van der Waals surface area (Å²) in [4.78, 5) is 8.52. The van der Waals surface area contributed by atoms with E-state index in [2.05, 4.69) is 11.8 Å². The summed E-state index contributed by atoms with van der Waals surface area (Å²) in [6.07, 6.45) is 10.3. The second-order valence-corrected chi connectivity index (χ2v) is 7.28. The standard InChI is InChI=1S/C16H26N2OS/c1-2-6-13-15(11-19)20-16(17-13)18-10-5-8-12-7-3-4-9-14(12)18/h12,14,19H,2-11H2,1H3. The Kier molecular flexibility index (Phi) is 4.61. The van der Waals surface area contributed by atoms with E-state index >= 15 is 0 Å². The molecule has 0 spiro atoms. The van der Waals surface area contributed by atoms with E-state index in [1.807, 2.05) is 0 Å². The monoisotopic (exact) mass is 294 g/mol. The van der Waals surface area contributed by atoms with Crippen LogP contribution in [0, 0.1) is 5.92 Å². The SMILES string of the molecule is CCCc1nc(N2CCCC3CCCCC32)sc1CO. The van der Waals surface area contributed by atoms with Gasteiger partial charge in [-0.05, 0) is 38.0 Å². The van der Waals surface area contributed by atoms with E-state index in [1.54, 1.807) is 11.3 Å². The maximum absolute atomic E-state index is 9.54. The highest BCUT2D eigenvalue weighted by molar-refractivity contribution is 7.15. The summed E-state index contributed by atoms with van der Waals surface area (Å²) < 4.78 is 0. The van der Waals surface area contributed by atoms with Crippen molar-refractivity contribution in [2.75, 3.05) is 11.4 Å². The van der Waals surface area contributed by atoms with Gasteiger partial charge in [-0.25, -0.2) is 4.98 Å². The minimum Gasteiger partial charge on any atom is -0.391 e. The second-order valence-electron chi connectivity index (χ2n) is 6.22. The molecule has 1 saturated carbocycles. The smallest absolute Gasteiger partial charge is 0.186 e. The Morgan fingerprint density at radius 3 is 2.85 bits per heavy atom. The predicted octanol–water partition coefficient (Wildman–Crippen LogP) is 3.75. The maximum Gasteiger partial charge on any atom is 0.186 e. The van der Waals surface area contributed by atoms with Crippen LogP contribution in [0.4, 0.5) is 5.13 Å². The van der Waals surface area contributed by atoms with Crippen molar-refractivity contribution in [3.63, 3.8) is 0 Å². The van der Waals surface area contributed by atoms with Crippen LogP contribution in [-0.2, 0) is 13.0 Å². The van der Waals surface area contributed by atoms with Gasteiger partial charge in [0.1, 0.15) is 0 Å². The van der Waals surface area contributed by atoms with Gasteiger partial charge in [0, 0.05) is 12.6 Å². The molecule has 0 bridgehead atoms. The Labute approximate surface area is 126 Å². The molecule has 112 valence electrons. The zero-order valence-corrected chi connectivity index (χ0v) is 13.3. The summed E-state index contributed by atoms with van der Waals surface area (Å²) >= 11 is 1.73. The molecular weight excluding hydrogens is 268 g/mol. The van der Waals surface area contributed by atoms with Gasteiger partial charge in [0.05, 0.1) is 17.2 Å². The molecule has 20 heavy (non-hydrogen) atoms. The summed E-state index contributed by atoms with van der Waals surface area (Å²) in [5.41, 5.74) is 1.13. The van der Waals surface area contributed by atoms with E-state index in [1.165, 1.54) is 43.7 Å². The molecule has 2 unspecified atom stereocenters. The molecular formula is C16H26N2OS. The highest BCUT2D eigenvalue weighted by atomic mass is 32.1. The van der Waals surface area contributed by atoms with Gasteiger partial charge < -0.3 is 10.0 Å². The molecule has 2 heterocycles. The summed E-state index contributed by atoms with van der Waals surface area (Å²) in [5.74, 6) is 0.883. The fraction of sp³-hybridized carbons (Fsp3) is 0.812. The number of nitrogens with zero attached hydrogens (tertiary/aromatic N) is 2. The van der Waals surface area contributed by atoms with Gasteiger partial charge in [-0.3, -0.25) is 0 Å². The van der Waals surface area contributed by atoms with E-state index in [-0.39, 0.29) is 6.61 Å². The van der Waals surface area contributed by atoms with Crippen molar-refractivity contribution in [2.24, 2.45) is 5.92 Å². The number of rotatable bonds is 4. The molecule has 1 aromatic heterocycles. The van der Waals surface area contributed by atoms with Crippen LogP contribution in [0.25, 0.3) is 0 Å². The topological polar surface area (TPSA) is 36.4 Å². The number of hydrogen-bond acceptors (Lipinski definition) is 4. The molecule has 3 rings (SSSR count). The Balaban J connectivity index is 1.83. The first-order valence-electron chi connectivity index (χ1n) is 8.19. The summed E-state index contributed by atoms with van der Waals surface area (Å²) in [5, 5.41) is 10.7. The fourth-order valence-electron chi connectivity index (χ4n) is 3.91. The molecule has 1 aromatic rings. The number of aliphatic hydroxyl groups is 1. The average Bonchev–Trinajstić information content (AvgIpc) is 2.90. The van der Waals surface area contributed by atoms with E-state index in [9.17, 15) is 5.11 Å². The average molecular weight is 294 g/mol. The number of aromatic nitrogens is 1. The van der Waals surface area contributed by atoms with Crippen molar-refractivity contribution in [3.05, 3.63) is 10.6 Å². The minimum atomic E-state index is 0.148. The van der Waals surface area contributed by atoms with Crippen molar-refractivity contribution >= 4 is 16.5 Å². The number of aryl methyl sites for hydroxylation is 1. The van der Waals surface area contributed by atoms with Gasteiger partial charge in [0.15, 0.2) is 5.13 Å². The molecule has 1 N–H and O–H groups in total. The van der Waals surface area contributed by atoms with E-state index in [0.29, 0.717) is 6.04 Å². The van der Waals surface area contributed by atoms with Crippen LogP contribution in [0.5, 0.6) is 0 Å². The molecule has 3 nitrogen and oxygen atoms in total. The van der Waals surface area contributed by atoms with Crippen molar-refractivity contribution in [1.29, 1.82) is 0 Å². The van der Waals surface area contributed by atoms with E-state index in [0.717, 1.165) is 35.9 Å². The number of aliphatic hydroxyl groups excluding tert-OH is 1. The lowest BCUT2D eigenvalue weighted by atomic mass is 9.78. The minimum absolute atomic E-state index is 0.148. The molecule has 2 atom stereocenters. The lowest BCUT2D eigenvalue weighted by molar-refractivity contribution is 0.243. The van der Waals surface area contributed by atoms with Crippen LogP contribution in [0.1, 0.15) is 62.4 Å². The number of hydrogen-bond donors (Lipinski definition) is 1. The van der Waals surface area contributed by atoms with Crippen LogP contribution >= 0.6 is 11.3 Å². The zero-order chi connectivity index (χ0) is 13.9. The van der Waals surface area contributed by atoms with Gasteiger partial charge in [-0.2, -0.15) is 0 Å². The third-order valence-electron chi connectivity index (χ3n) is 4.89. The predicted molar refractivity (Wildman–Crippen MR) is 84.4 cm³/mol. The van der Waals surface area contributed by atoms with Gasteiger partial charge >= 0.3 is 0 Å². The molecule has 0 amide bonds. The quantitative estimate of drug-likeness (QED) is 0.919. The number of anilines is 1. The van der Waals surface area contributed by atoms with Crippen LogP contribution in [-0.4, -0.2) is 22.7 Å². The Hall–Kier alpha value is -0.610. The molecule has 1 saturated heterocycles. The van der Waals surface area contributed by atoms with Gasteiger partial charge in [0.2, 0.25) is 0 Å². The molecule has 0 radical (unpaired) electrons. The van der Waals surface area contributed by atoms with Crippen molar-refractivity contribution in [1.82, 2.24) is 4.98 Å². The normalized spacial score (nSPS) is 26.6. The van der Waals surface area contributed by atoms with Crippen LogP contribution in [0.15, 0.2) is 0 Å². The molecule has 0 aromatic carbocycles. The molecule has 2 fully saturated rings. The maximum atomic E-state index is 9.54. The number of piperidine rings is 1.